The molecule has 3 rings (SSSR count). The van der Waals surface area contributed by atoms with Gasteiger partial charge in [-0.2, -0.15) is 0 Å². The fourth-order valence-electron chi connectivity index (χ4n) is 2.86. The van der Waals surface area contributed by atoms with Gasteiger partial charge in [0.1, 0.15) is 17.7 Å². The first-order chi connectivity index (χ1) is 13.0. The molecule has 1 aliphatic rings. The Labute approximate surface area is 155 Å². The van der Waals surface area contributed by atoms with Crippen molar-refractivity contribution < 1.29 is 18.7 Å². The Bertz CT molecular complexity index is 818. The average molecular weight is 373 g/mol. The molecule has 3 amide bonds. The third-order valence-corrected chi connectivity index (χ3v) is 4.06. The lowest BCUT2D eigenvalue weighted by Gasteiger charge is -2.32. The van der Waals surface area contributed by atoms with E-state index in [4.69, 9.17) is 4.74 Å². The van der Waals surface area contributed by atoms with Gasteiger partial charge < -0.3 is 15.0 Å². The summed E-state index contributed by atoms with van der Waals surface area (Å²) in [5, 5.41) is 5.03. The monoisotopic (exact) mass is 373 g/mol. The number of hydrogen-bond donors (Lipinski definition) is 2. The van der Waals surface area contributed by atoms with Gasteiger partial charge >= 0.3 is 6.03 Å². The molecule has 1 atom stereocenters. The van der Waals surface area contributed by atoms with Crippen molar-refractivity contribution in [1.82, 2.24) is 14.9 Å². The molecular weight excluding hydrogens is 353 g/mol. The number of amides is 3. The predicted molar refractivity (Wildman–Crippen MR) is 97.0 cm³/mol. The van der Waals surface area contributed by atoms with Crippen molar-refractivity contribution in [3.8, 4) is 5.75 Å². The van der Waals surface area contributed by atoms with E-state index < -0.39 is 11.8 Å². The molecule has 142 valence electrons. The summed E-state index contributed by atoms with van der Waals surface area (Å²) >= 11 is 0. The predicted octanol–water partition coefficient (Wildman–Crippen LogP) is 2.65. The zero-order chi connectivity index (χ0) is 19.2. The summed E-state index contributed by atoms with van der Waals surface area (Å²) in [6, 6.07) is 3.39. The molecule has 0 aliphatic carbocycles. The molecule has 8 nitrogen and oxygen atoms in total. The van der Waals surface area contributed by atoms with Gasteiger partial charge in [0.25, 0.3) is 0 Å². The van der Waals surface area contributed by atoms with Crippen molar-refractivity contribution in [1.29, 1.82) is 0 Å². The smallest absolute Gasteiger partial charge is 0.324 e. The molecular formula is C18H20FN5O3. The lowest BCUT2D eigenvalue weighted by atomic mass is 10.1. The fraction of sp³-hybridized carbons (Fsp3) is 0.333. The SMILES string of the molecule is CC(=O)N1CCCC(Oc2cc(F)cc(NC(=O)Nc3cnccn3)c2)C1. The molecule has 1 unspecified atom stereocenters. The van der Waals surface area contributed by atoms with E-state index in [1.807, 2.05) is 0 Å². The topological polar surface area (TPSA) is 96.5 Å². The maximum Gasteiger partial charge on any atom is 0.324 e. The number of benzene rings is 1. The van der Waals surface area contributed by atoms with Crippen LogP contribution in [0.2, 0.25) is 0 Å². The van der Waals surface area contributed by atoms with Crippen molar-refractivity contribution in [3.63, 3.8) is 0 Å². The van der Waals surface area contributed by atoms with Gasteiger partial charge in [-0.15, -0.1) is 0 Å². The molecule has 0 spiro atoms. The van der Waals surface area contributed by atoms with E-state index in [0.717, 1.165) is 12.8 Å². The Morgan fingerprint density at radius 3 is 2.85 bits per heavy atom. The minimum atomic E-state index is -0.576. The lowest BCUT2D eigenvalue weighted by molar-refractivity contribution is -0.131. The molecule has 1 aromatic heterocycles. The molecule has 2 heterocycles. The normalized spacial score (nSPS) is 16.5. The molecule has 1 fully saturated rings. The molecule has 0 saturated carbocycles. The van der Waals surface area contributed by atoms with Crippen molar-refractivity contribution in [2.45, 2.75) is 25.9 Å². The third kappa shape index (κ3) is 5.37. The first kappa shape index (κ1) is 18.6. The Balaban J connectivity index is 1.63. The molecule has 1 saturated heterocycles. The second kappa shape index (κ2) is 8.43. The van der Waals surface area contributed by atoms with Crippen LogP contribution in [0.15, 0.2) is 36.8 Å². The summed E-state index contributed by atoms with van der Waals surface area (Å²) in [5.41, 5.74) is 0.241. The van der Waals surface area contributed by atoms with E-state index in [9.17, 15) is 14.0 Å². The third-order valence-electron chi connectivity index (χ3n) is 4.06. The van der Waals surface area contributed by atoms with Crippen molar-refractivity contribution in [2.75, 3.05) is 23.7 Å². The highest BCUT2D eigenvalue weighted by molar-refractivity contribution is 5.99. The Hall–Kier alpha value is -3.23. The van der Waals surface area contributed by atoms with Crippen molar-refractivity contribution in [3.05, 3.63) is 42.6 Å². The Morgan fingerprint density at radius 2 is 2.11 bits per heavy atom. The number of halogens is 1. The highest BCUT2D eigenvalue weighted by Gasteiger charge is 2.23. The summed E-state index contributed by atoms with van der Waals surface area (Å²) in [7, 11) is 0. The molecule has 1 aromatic carbocycles. The van der Waals surface area contributed by atoms with Crippen LogP contribution in [-0.4, -0.2) is 46.0 Å². The molecule has 1 aliphatic heterocycles. The van der Waals surface area contributed by atoms with Gasteiger partial charge in [0.2, 0.25) is 5.91 Å². The van der Waals surface area contributed by atoms with Crippen LogP contribution in [0, 0.1) is 5.82 Å². The number of anilines is 2. The van der Waals surface area contributed by atoms with E-state index in [0.29, 0.717) is 18.8 Å². The number of piperidine rings is 1. The number of nitrogens with one attached hydrogen (secondary N) is 2. The quantitative estimate of drug-likeness (QED) is 0.859. The van der Waals surface area contributed by atoms with Crippen LogP contribution in [0.1, 0.15) is 19.8 Å². The lowest BCUT2D eigenvalue weighted by Crippen LogP contribution is -2.43. The number of carbonyl (C=O) groups excluding carboxylic acids is 2. The van der Waals surface area contributed by atoms with Crippen LogP contribution in [0.4, 0.5) is 20.7 Å². The number of carbonyl (C=O) groups is 2. The standard InChI is InChI=1S/C18H20FN5O3/c1-12(25)24-6-2-3-15(11-24)27-16-8-13(19)7-14(9-16)22-18(26)23-17-10-20-4-5-21-17/h4-5,7-10,15H,2-3,6,11H2,1H3,(H2,21,22,23,26). The van der Waals surface area contributed by atoms with Gasteiger partial charge in [0, 0.05) is 43.7 Å². The fourth-order valence-corrected chi connectivity index (χ4v) is 2.86. The van der Waals surface area contributed by atoms with Gasteiger partial charge in [-0.05, 0) is 18.9 Å². The summed E-state index contributed by atoms with van der Waals surface area (Å²) < 4.78 is 19.8. The van der Waals surface area contributed by atoms with Crippen LogP contribution < -0.4 is 15.4 Å². The molecule has 27 heavy (non-hydrogen) atoms. The van der Waals surface area contributed by atoms with E-state index in [-0.39, 0.29) is 23.5 Å². The van der Waals surface area contributed by atoms with E-state index in [1.54, 1.807) is 4.90 Å². The summed E-state index contributed by atoms with van der Waals surface area (Å²) in [4.78, 5) is 33.0. The number of nitrogens with zero attached hydrogens (tertiary/aromatic N) is 3. The van der Waals surface area contributed by atoms with Gasteiger partial charge in [0.15, 0.2) is 5.82 Å². The number of aromatic nitrogens is 2. The van der Waals surface area contributed by atoms with Crippen LogP contribution >= 0.6 is 0 Å². The zero-order valence-electron chi connectivity index (χ0n) is 14.8. The molecule has 2 aromatic rings. The first-order valence-electron chi connectivity index (χ1n) is 8.56. The van der Waals surface area contributed by atoms with E-state index >= 15 is 0 Å². The summed E-state index contributed by atoms with van der Waals surface area (Å²) in [6.07, 6.45) is 5.70. The second-order valence-electron chi connectivity index (χ2n) is 6.19. The van der Waals surface area contributed by atoms with Crippen LogP contribution in [-0.2, 0) is 4.79 Å². The van der Waals surface area contributed by atoms with Crippen LogP contribution in [0.3, 0.4) is 0 Å². The number of hydrogen-bond acceptors (Lipinski definition) is 5. The minimum Gasteiger partial charge on any atom is -0.488 e. The van der Waals surface area contributed by atoms with Gasteiger partial charge in [-0.1, -0.05) is 0 Å². The van der Waals surface area contributed by atoms with Crippen molar-refractivity contribution in [2.24, 2.45) is 0 Å². The average Bonchev–Trinajstić information content (AvgIpc) is 2.62. The molecule has 0 radical (unpaired) electrons. The largest absolute Gasteiger partial charge is 0.488 e. The number of rotatable bonds is 4. The first-order valence-corrected chi connectivity index (χ1v) is 8.56. The molecule has 9 heteroatoms. The second-order valence-corrected chi connectivity index (χ2v) is 6.19. The van der Waals surface area contributed by atoms with Crippen molar-refractivity contribution >= 4 is 23.4 Å². The summed E-state index contributed by atoms with van der Waals surface area (Å²) in [5.74, 6) is 0.0155. The van der Waals surface area contributed by atoms with Gasteiger partial charge in [-0.3, -0.25) is 15.1 Å². The van der Waals surface area contributed by atoms with E-state index in [2.05, 4.69) is 20.6 Å². The number of ether oxygens (including phenoxy) is 1. The van der Waals surface area contributed by atoms with Gasteiger partial charge in [0.05, 0.1) is 12.7 Å². The van der Waals surface area contributed by atoms with Crippen LogP contribution in [0.5, 0.6) is 5.75 Å². The minimum absolute atomic E-state index is 0.00872. The number of likely N-dealkylation sites (tertiary alicyclic amines) is 1. The number of urea groups is 1. The van der Waals surface area contributed by atoms with Gasteiger partial charge in [-0.25, -0.2) is 14.2 Å². The van der Waals surface area contributed by atoms with E-state index in [1.165, 1.54) is 43.7 Å². The Morgan fingerprint density at radius 1 is 1.26 bits per heavy atom. The van der Waals surface area contributed by atoms with Crippen LogP contribution in [0.25, 0.3) is 0 Å². The zero-order valence-corrected chi connectivity index (χ0v) is 14.8. The summed E-state index contributed by atoms with van der Waals surface area (Å²) in [6.45, 7) is 2.68. The molecule has 2 N–H and O–H groups in total. The Kier molecular flexibility index (Phi) is 5.80. The highest BCUT2D eigenvalue weighted by atomic mass is 19.1. The maximum absolute atomic E-state index is 13.9. The highest BCUT2D eigenvalue weighted by Crippen LogP contribution is 2.24. The maximum atomic E-state index is 13.9. The molecule has 0 bridgehead atoms.